The van der Waals surface area contributed by atoms with Gasteiger partial charge in [-0.25, -0.2) is 8.78 Å². The molecule has 2 unspecified atom stereocenters. The number of halogens is 2. The predicted octanol–water partition coefficient (Wildman–Crippen LogP) is 2.12. The van der Waals surface area contributed by atoms with Crippen LogP contribution in [0.25, 0.3) is 0 Å². The molecular formula is C16H20F2N2O2. The van der Waals surface area contributed by atoms with Crippen LogP contribution in [0.2, 0.25) is 0 Å². The lowest BCUT2D eigenvalue weighted by atomic mass is 10.1. The van der Waals surface area contributed by atoms with Gasteiger partial charge in [0.2, 0.25) is 5.91 Å². The van der Waals surface area contributed by atoms with Crippen molar-refractivity contribution in [1.82, 2.24) is 4.90 Å². The van der Waals surface area contributed by atoms with E-state index in [0.29, 0.717) is 19.0 Å². The molecule has 1 aromatic carbocycles. The second-order valence-electron chi connectivity index (χ2n) is 5.78. The zero-order chi connectivity index (χ0) is 16.3. The Bertz CT molecular complexity index is 577. The summed E-state index contributed by atoms with van der Waals surface area (Å²) in [5.74, 6) is -2.21. The fourth-order valence-electron chi connectivity index (χ4n) is 2.84. The predicted molar refractivity (Wildman–Crippen MR) is 78.3 cm³/mol. The average Bonchev–Trinajstić information content (AvgIpc) is 2.88. The molecule has 2 atom stereocenters. The van der Waals surface area contributed by atoms with E-state index in [1.165, 1.54) is 6.07 Å². The highest BCUT2D eigenvalue weighted by Crippen LogP contribution is 2.23. The molecule has 0 spiro atoms. The van der Waals surface area contributed by atoms with Crippen molar-refractivity contribution in [3.05, 3.63) is 35.4 Å². The second kappa shape index (κ2) is 6.96. The minimum Gasteiger partial charge on any atom is -0.340 e. The van der Waals surface area contributed by atoms with Crippen LogP contribution in [0.1, 0.15) is 36.5 Å². The molecule has 120 valence electrons. The number of hydrogen-bond acceptors (Lipinski definition) is 3. The molecule has 4 nitrogen and oxygen atoms in total. The van der Waals surface area contributed by atoms with E-state index in [1.54, 1.807) is 4.90 Å². The number of likely N-dealkylation sites (tertiary alicyclic amines) is 1. The third-order valence-corrected chi connectivity index (χ3v) is 4.12. The summed E-state index contributed by atoms with van der Waals surface area (Å²) in [6.45, 7) is 3.13. The molecule has 0 bridgehead atoms. The minimum atomic E-state index is -1.06. The zero-order valence-electron chi connectivity index (χ0n) is 12.5. The first-order valence-electron chi connectivity index (χ1n) is 7.40. The van der Waals surface area contributed by atoms with Crippen LogP contribution >= 0.6 is 0 Å². The molecule has 1 aromatic rings. The Morgan fingerprint density at radius 1 is 1.27 bits per heavy atom. The average molecular weight is 310 g/mol. The van der Waals surface area contributed by atoms with Crippen molar-refractivity contribution in [3.8, 4) is 0 Å². The lowest BCUT2D eigenvalue weighted by Gasteiger charge is -2.21. The first-order valence-corrected chi connectivity index (χ1v) is 7.40. The summed E-state index contributed by atoms with van der Waals surface area (Å²) in [4.78, 5) is 25.9. The third-order valence-electron chi connectivity index (χ3n) is 4.12. The van der Waals surface area contributed by atoms with E-state index < -0.39 is 11.6 Å². The maximum Gasteiger partial charge on any atom is 0.223 e. The molecule has 0 aromatic heterocycles. The summed E-state index contributed by atoms with van der Waals surface area (Å²) in [7, 11) is 0. The number of nitrogens with two attached hydrogens (primary N) is 1. The summed E-state index contributed by atoms with van der Waals surface area (Å²) >= 11 is 0. The number of hydrogen-bond donors (Lipinski definition) is 1. The van der Waals surface area contributed by atoms with E-state index in [1.807, 2.05) is 6.92 Å². The number of amides is 1. The van der Waals surface area contributed by atoms with Crippen LogP contribution in [-0.4, -0.2) is 35.7 Å². The van der Waals surface area contributed by atoms with E-state index >= 15 is 0 Å². The van der Waals surface area contributed by atoms with Gasteiger partial charge in [0.1, 0.15) is 0 Å². The van der Waals surface area contributed by atoms with Crippen molar-refractivity contribution in [2.75, 3.05) is 13.1 Å². The number of ketones is 1. The molecule has 2 N–H and O–H groups in total. The maximum absolute atomic E-state index is 13.1. The fourth-order valence-corrected chi connectivity index (χ4v) is 2.84. The van der Waals surface area contributed by atoms with E-state index in [0.717, 1.165) is 18.6 Å². The maximum atomic E-state index is 13.1. The topological polar surface area (TPSA) is 63.4 Å². The van der Waals surface area contributed by atoms with Crippen molar-refractivity contribution in [1.29, 1.82) is 0 Å². The third kappa shape index (κ3) is 3.68. The molecule has 0 radical (unpaired) electrons. The molecule has 1 amide bonds. The van der Waals surface area contributed by atoms with E-state index in [-0.39, 0.29) is 36.1 Å². The molecule has 1 saturated heterocycles. The molecule has 0 saturated carbocycles. The standard InChI is InChI=1S/C16H20F2N2O2/c1-10-6-11(8-19)9-20(10)16(22)5-4-15(21)12-2-3-13(17)14(18)7-12/h2-3,7,10-11H,4-6,8-9,19H2,1H3. The number of benzene rings is 1. The van der Waals surface area contributed by atoms with Crippen molar-refractivity contribution >= 4 is 11.7 Å². The summed E-state index contributed by atoms with van der Waals surface area (Å²) in [6, 6.07) is 3.14. The van der Waals surface area contributed by atoms with Crippen LogP contribution < -0.4 is 5.73 Å². The monoisotopic (exact) mass is 310 g/mol. The Labute approximate surface area is 128 Å². The zero-order valence-corrected chi connectivity index (χ0v) is 12.5. The molecule has 22 heavy (non-hydrogen) atoms. The number of nitrogens with zero attached hydrogens (tertiary/aromatic N) is 1. The SMILES string of the molecule is CC1CC(CN)CN1C(=O)CCC(=O)c1ccc(F)c(F)c1. The van der Waals surface area contributed by atoms with Crippen LogP contribution in [0.4, 0.5) is 8.78 Å². The molecular weight excluding hydrogens is 290 g/mol. The molecule has 6 heteroatoms. The van der Waals surface area contributed by atoms with Gasteiger partial charge >= 0.3 is 0 Å². The number of Topliss-reactive ketones (excluding diaryl/α,β-unsaturated/α-hetero) is 1. The Kier molecular flexibility index (Phi) is 5.24. The Morgan fingerprint density at radius 3 is 2.59 bits per heavy atom. The molecule has 0 aliphatic carbocycles. The Morgan fingerprint density at radius 2 is 2.00 bits per heavy atom. The van der Waals surface area contributed by atoms with Crippen LogP contribution in [0.5, 0.6) is 0 Å². The van der Waals surface area contributed by atoms with Crippen LogP contribution in [-0.2, 0) is 4.79 Å². The summed E-state index contributed by atoms with van der Waals surface area (Å²) < 4.78 is 25.9. The summed E-state index contributed by atoms with van der Waals surface area (Å²) in [5, 5.41) is 0. The van der Waals surface area contributed by atoms with Gasteiger partial charge in [-0.05, 0) is 44.0 Å². The number of carbonyl (C=O) groups excluding carboxylic acids is 2. The van der Waals surface area contributed by atoms with Gasteiger partial charge in [-0.3, -0.25) is 9.59 Å². The normalized spacial score (nSPS) is 21.2. The van der Waals surface area contributed by atoms with Crippen molar-refractivity contribution < 1.29 is 18.4 Å². The van der Waals surface area contributed by atoms with Crippen LogP contribution in [0, 0.1) is 17.6 Å². The van der Waals surface area contributed by atoms with Gasteiger partial charge in [-0.2, -0.15) is 0 Å². The van der Waals surface area contributed by atoms with Crippen molar-refractivity contribution in [3.63, 3.8) is 0 Å². The van der Waals surface area contributed by atoms with Gasteiger partial charge in [0.15, 0.2) is 17.4 Å². The minimum absolute atomic E-state index is 0.0135. The summed E-state index contributed by atoms with van der Waals surface area (Å²) in [5.41, 5.74) is 5.71. The fraction of sp³-hybridized carbons (Fsp3) is 0.500. The highest BCUT2D eigenvalue weighted by atomic mass is 19.2. The lowest BCUT2D eigenvalue weighted by Crippen LogP contribution is -2.34. The van der Waals surface area contributed by atoms with Gasteiger partial charge in [0.25, 0.3) is 0 Å². The quantitative estimate of drug-likeness (QED) is 0.847. The Balaban J connectivity index is 1.90. The van der Waals surface area contributed by atoms with Gasteiger partial charge in [-0.1, -0.05) is 0 Å². The number of rotatable bonds is 5. The number of carbonyl (C=O) groups is 2. The summed E-state index contributed by atoms with van der Waals surface area (Å²) in [6.07, 6.45) is 0.930. The van der Waals surface area contributed by atoms with Crippen molar-refractivity contribution in [2.24, 2.45) is 11.7 Å². The van der Waals surface area contributed by atoms with Gasteiger partial charge in [0.05, 0.1) is 0 Å². The Hall–Kier alpha value is -1.82. The van der Waals surface area contributed by atoms with Gasteiger partial charge in [-0.15, -0.1) is 0 Å². The van der Waals surface area contributed by atoms with E-state index in [2.05, 4.69) is 0 Å². The molecule has 1 aliphatic heterocycles. The first-order chi connectivity index (χ1) is 10.4. The first kappa shape index (κ1) is 16.5. The molecule has 1 heterocycles. The van der Waals surface area contributed by atoms with E-state index in [9.17, 15) is 18.4 Å². The van der Waals surface area contributed by atoms with Crippen molar-refractivity contribution in [2.45, 2.75) is 32.2 Å². The van der Waals surface area contributed by atoms with Crippen LogP contribution in [0.3, 0.4) is 0 Å². The molecule has 1 fully saturated rings. The van der Waals surface area contributed by atoms with E-state index in [4.69, 9.17) is 5.73 Å². The smallest absolute Gasteiger partial charge is 0.223 e. The lowest BCUT2D eigenvalue weighted by molar-refractivity contribution is -0.131. The highest BCUT2D eigenvalue weighted by Gasteiger charge is 2.31. The van der Waals surface area contributed by atoms with Gasteiger partial charge in [0, 0.05) is 31.0 Å². The highest BCUT2D eigenvalue weighted by molar-refractivity contribution is 5.98. The van der Waals surface area contributed by atoms with Crippen LogP contribution in [0.15, 0.2) is 18.2 Å². The molecule has 1 aliphatic rings. The largest absolute Gasteiger partial charge is 0.340 e. The second-order valence-corrected chi connectivity index (χ2v) is 5.78. The van der Waals surface area contributed by atoms with Gasteiger partial charge < -0.3 is 10.6 Å². The molecule has 2 rings (SSSR count).